The van der Waals surface area contributed by atoms with Crippen LogP contribution in [0.2, 0.25) is 0 Å². The lowest BCUT2D eigenvalue weighted by atomic mass is 10.1. The zero-order valence-electron chi connectivity index (χ0n) is 7.54. The maximum absolute atomic E-state index is 4.22. The molecule has 1 heteroatoms. The quantitative estimate of drug-likeness (QED) is 0.587. The fourth-order valence-corrected chi connectivity index (χ4v) is 1.09. The van der Waals surface area contributed by atoms with E-state index in [-0.39, 0.29) is 0 Å². The van der Waals surface area contributed by atoms with E-state index < -0.39 is 0 Å². The third kappa shape index (κ3) is 1.82. The molecule has 0 aliphatic heterocycles. The Morgan fingerprint density at radius 3 is 2.75 bits per heavy atom. The average Bonchev–Trinajstić information content (AvgIpc) is 2.08. The van der Waals surface area contributed by atoms with E-state index in [0.717, 1.165) is 11.3 Å². The third-order valence-corrected chi connectivity index (χ3v) is 1.67. The Balaban J connectivity index is 3.19. The highest BCUT2D eigenvalue weighted by Crippen LogP contribution is 2.20. The summed E-state index contributed by atoms with van der Waals surface area (Å²) in [6.07, 6.45) is 3.62. The van der Waals surface area contributed by atoms with Crippen molar-refractivity contribution in [1.29, 1.82) is 0 Å². The van der Waals surface area contributed by atoms with Crippen LogP contribution in [0.25, 0.3) is 6.08 Å². The molecule has 0 heterocycles. The number of hydrogen-bond acceptors (Lipinski definition) is 1. The van der Waals surface area contributed by atoms with Crippen molar-refractivity contribution >= 4 is 18.0 Å². The van der Waals surface area contributed by atoms with Gasteiger partial charge in [0.15, 0.2) is 0 Å². The average molecular weight is 159 g/mol. The first-order valence-electron chi connectivity index (χ1n) is 3.99. The number of benzene rings is 1. The summed E-state index contributed by atoms with van der Waals surface area (Å²) in [5.74, 6) is 0. The van der Waals surface area contributed by atoms with Crippen LogP contribution >= 0.6 is 0 Å². The van der Waals surface area contributed by atoms with E-state index in [9.17, 15) is 0 Å². The van der Waals surface area contributed by atoms with Gasteiger partial charge in [-0.3, -0.25) is 4.99 Å². The van der Waals surface area contributed by atoms with E-state index in [1.165, 1.54) is 5.56 Å². The van der Waals surface area contributed by atoms with Crippen molar-refractivity contribution in [3.05, 3.63) is 35.9 Å². The van der Waals surface area contributed by atoms with Crippen LogP contribution < -0.4 is 0 Å². The maximum atomic E-state index is 4.22. The highest BCUT2D eigenvalue weighted by molar-refractivity contribution is 5.69. The minimum Gasteiger partial charge on any atom is -0.261 e. The van der Waals surface area contributed by atoms with Gasteiger partial charge in [-0.25, -0.2) is 0 Å². The summed E-state index contributed by atoms with van der Waals surface area (Å²) in [6.45, 7) is 7.71. The Kier molecular flexibility index (Phi) is 2.81. The fraction of sp³-hybridized carbons (Fsp3) is 0.182. The molecule has 0 fully saturated rings. The van der Waals surface area contributed by atoms with E-state index in [2.05, 4.69) is 30.6 Å². The zero-order valence-corrected chi connectivity index (χ0v) is 7.54. The van der Waals surface area contributed by atoms with Gasteiger partial charge in [0, 0.05) is 6.21 Å². The Labute approximate surface area is 73.5 Å². The van der Waals surface area contributed by atoms with Crippen molar-refractivity contribution in [2.45, 2.75) is 13.8 Å². The molecule has 0 atom stereocenters. The minimum absolute atomic E-state index is 0.984. The van der Waals surface area contributed by atoms with Crippen molar-refractivity contribution in [2.24, 2.45) is 4.99 Å². The number of hydrogen-bond donors (Lipinski definition) is 0. The van der Waals surface area contributed by atoms with E-state index in [1.807, 2.05) is 19.1 Å². The van der Waals surface area contributed by atoms with E-state index in [4.69, 9.17) is 0 Å². The first-order chi connectivity index (χ1) is 5.77. The van der Waals surface area contributed by atoms with Crippen LogP contribution in [-0.4, -0.2) is 6.21 Å². The second kappa shape index (κ2) is 3.86. The minimum atomic E-state index is 0.984. The maximum Gasteiger partial charge on any atom is 0.0697 e. The fourth-order valence-electron chi connectivity index (χ4n) is 1.09. The van der Waals surface area contributed by atoms with Crippen LogP contribution in [0.15, 0.2) is 29.8 Å². The van der Waals surface area contributed by atoms with Gasteiger partial charge in [0.1, 0.15) is 0 Å². The van der Waals surface area contributed by atoms with Gasteiger partial charge in [0.2, 0.25) is 0 Å². The molecule has 0 unspecified atom stereocenters. The van der Waals surface area contributed by atoms with Crippen molar-refractivity contribution < 1.29 is 0 Å². The highest BCUT2D eigenvalue weighted by atomic mass is 14.7. The van der Waals surface area contributed by atoms with Gasteiger partial charge in [-0.2, -0.15) is 0 Å². The van der Waals surface area contributed by atoms with E-state index >= 15 is 0 Å². The summed E-state index contributed by atoms with van der Waals surface area (Å²) < 4.78 is 0. The third-order valence-electron chi connectivity index (χ3n) is 1.67. The molecule has 0 saturated heterocycles. The first-order valence-corrected chi connectivity index (χ1v) is 3.99. The number of aryl methyl sites for hydroxylation is 1. The second-order valence-corrected chi connectivity index (χ2v) is 2.65. The topological polar surface area (TPSA) is 12.4 Å². The molecule has 0 aliphatic carbocycles. The zero-order chi connectivity index (χ0) is 8.97. The lowest BCUT2D eigenvalue weighted by molar-refractivity contribution is 1.42. The molecule has 0 saturated carbocycles. The molecule has 62 valence electrons. The van der Waals surface area contributed by atoms with Gasteiger partial charge in [-0.15, -0.1) is 0 Å². The smallest absolute Gasteiger partial charge is 0.0697 e. The summed E-state index contributed by atoms with van der Waals surface area (Å²) in [6, 6.07) is 6.14. The largest absolute Gasteiger partial charge is 0.261 e. The van der Waals surface area contributed by atoms with Crippen molar-refractivity contribution in [3.63, 3.8) is 0 Å². The molecule has 1 rings (SSSR count). The Bertz CT molecular complexity index is 311. The van der Waals surface area contributed by atoms with Crippen molar-refractivity contribution in [1.82, 2.24) is 0 Å². The molecule has 1 aromatic carbocycles. The SMILES string of the molecule is C=Cc1cc(C)ccc1N=CC. The first kappa shape index (κ1) is 8.72. The standard InChI is InChI=1S/C11H13N/c1-4-10-8-9(3)6-7-11(10)12-5-2/h4-8H,1H2,2-3H3. The lowest BCUT2D eigenvalue weighted by Crippen LogP contribution is -1.77. The molecule has 0 aliphatic rings. The van der Waals surface area contributed by atoms with Crippen molar-refractivity contribution in [3.8, 4) is 0 Å². The molecule has 0 aromatic heterocycles. The second-order valence-electron chi connectivity index (χ2n) is 2.65. The van der Waals surface area contributed by atoms with Crippen LogP contribution in [0.5, 0.6) is 0 Å². The Hall–Kier alpha value is -1.37. The summed E-state index contributed by atoms with van der Waals surface area (Å²) in [4.78, 5) is 4.22. The van der Waals surface area contributed by atoms with Crippen LogP contribution in [0.4, 0.5) is 5.69 Å². The van der Waals surface area contributed by atoms with Gasteiger partial charge < -0.3 is 0 Å². The van der Waals surface area contributed by atoms with Crippen LogP contribution in [0, 0.1) is 6.92 Å². The predicted octanol–water partition coefficient (Wildman–Crippen LogP) is 3.36. The summed E-state index contributed by atoms with van der Waals surface area (Å²) in [5.41, 5.74) is 3.31. The van der Waals surface area contributed by atoms with Crippen LogP contribution in [0.1, 0.15) is 18.1 Å². The molecule has 1 nitrogen and oxygen atoms in total. The van der Waals surface area contributed by atoms with Gasteiger partial charge in [0.05, 0.1) is 5.69 Å². The monoisotopic (exact) mass is 159 g/mol. The molecule has 0 N–H and O–H groups in total. The van der Waals surface area contributed by atoms with Gasteiger partial charge in [0.25, 0.3) is 0 Å². The van der Waals surface area contributed by atoms with Crippen molar-refractivity contribution in [2.75, 3.05) is 0 Å². The van der Waals surface area contributed by atoms with Crippen LogP contribution in [-0.2, 0) is 0 Å². The number of nitrogens with zero attached hydrogens (tertiary/aromatic N) is 1. The molecule has 0 radical (unpaired) electrons. The molecule has 0 amide bonds. The predicted molar refractivity (Wildman–Crippen MR) is 55.1 cm³/mol. The molecule has 0 bridgehead atoms. The summed E-state index contributed by atoms with van der Waals surface area (Å²) >= 11 is 0. The number of aliphatic imine (C=N–C) groups is 1. The summed E-state index contributed by atoms with van der Waals surface area (Å²) in [5, 5.41) is 0. The Morgan fingerprint density at radius 2 is 2.17 bits per heavy atom. The van der Waals surface area contributed by atoms with E-state index in [0.29, 0.717) is 0 Å². The van der Waals surface area contributed by atoms with Gasteiger partial charge in [-0.05, 0) is 31.5 Å². The van der Waals surface area contributed by atoms with Gasteiger partial charge >= 0.3 is 0 Å². The van der Waals surface area contributed by atoms with Gasteiger partial charge in [-0.1, -0.05) is 24.3 Å². The summed E-state index contributed by atoms with van der Waals surface area (Å²) in [7, 11) is 0. The number of rotatable bonds is 2. The molecule has 1 aromatic rings. The molecule has 0 spiro atoms. The normalized spacial score (nSPS) is 10.5. The molecule has 12 heavy (non-hydrogen) atoms. The lowest BCUT2D eigenvalue weighted by Gasteiger charge is -2.00. The van der Waals surface area contributed by atoms with E-state index in [1.54, 1.807) is 6.21 Å². The highest BCUT2D eigenvalue weighted by Gasteiger charge is 1.95. The van der Waals surface area contributed by atoms with Crippen LogP contribution in [0.3, 0.4) is 0 Å². The molecular formula is C11H13N. The molecular weight excluding hydrogens is 146 g/mol. The Morgan fingerprint density at radius 1 is 1.42 bits per heavy atom.